The van der Waals surface area contributed by atoms with E-state index in [1.54, 1.807) is 0 Å². The van der Waals surface area contributed by atoms with Gasteiger partial charge in [0, 0.05) is 0 Å². The van der Waals surface area contributed by atoms with Gasteiger partial charge in [-0.1, -0.05) is 0 Å². The molecule has 2 bridgehead atoms. The van der Waals surface area contributed by atoms with Gasteiger partial charge in [-0.2, -0.15) is 0 Å². The van der Waals surface area contributed by atoms with Gasteiger partial charge in [-0.05, 0) is 12.8 Å². The monoisotopic (exact) mass is 198 g/mol. The molecule has 0 aliphatic carbocycles. The Balaban J connectivity index is 2.03. The smallest absolute Gasteiger partial charge is 0.313 e. The predicted molar refractivity (Wildman–Crippen MR) is 42.4 cm³/mol. The third-order valence-electron chi connectivity index (χ3n) is 3.56. The highest BCUT2D eigenvalue weighted by atomic mass is 16.6. The molecule has 3 aliphatic rings. The van der Waals surface area contributed by atoms with E-state index in [4.69, 9.17) is 14.6 Å². The van der Waals surface area contributed by atoms with Gasteiger partial charge in [0.2, 0.25) is 0 Å². The molecule has 3 aliphatic heterocycles. The van der Waals surface area contributed by atoms with Crippen molar-refractivity contribution in [2.45, 2.75) is 24.5 Å². The minimum absolute atomic E-state index is 0.233. The number of fused-ring (bicyclic) bond motifs is 1. The van der Waals surface area contributed by atoms with Gasteiger partial charge in [-0.3, -0.25) is 9.59 Å². The maximum absolute atomic E-state index is 11.4. The molecule has 3 fully saturated rings. The summed E-state index contributed by atoms with van der Waals surface area (Å²) < 4.78 is 10.5. The van der Waals surface area contributed by atoms with Gasteiger partial charge in [-0.15, -0.1) is 0 Å². The lowest BCUT2D eigenvalue weighted by Crippen LogP contribution is -2.41. The summed E-state index contributed by atoms with van der Waals surface area (Å²) in [6, 6.07) is 0. The van der Waals surface area contributed by atoms with Gasteiger partial charge in [0.25, 0.3) is 0 Å². The topological polar surface area (TPSA) is 72.8 Å². The van der Waals surface area contributed by atoms with Gasteiger partial charge >= 0.3 is 11.9 Å². The normalized spacial score (nSPS) is 49.1. The highest BCUT2D eigenvalue weighted by molar-refractivity contribution is 5.85. The van der Waals surface area contributed by atoms with Crippen LogP contribution in [0.25, 0.3) is 0 Å². The Morgan fingerprint density at radius 1 is 1.57 bits per heavy atom. The Hall–Kier alpha value is -1.10. The molecule has 0 radical (unpaired) electrons. The standard InChI is InChI=1S/C9H10O5/c10-7(11)5-4-1-2-9(14-4)3-13-8(12)6(5)9/h4-6H,1-3H2,(H,10,11)/t4-,5-,6+,9-/m0/s1. The number of aliphatic carboxylic acids is 1. The van der Waals surface area contributed by atoms with Crippen LogP contribution in [0.5, 0.6) is 0 Å². The van der Waals surface area contributed by atoms with Crippen LogP contribution in [0.15, 0.2) is 0 Å². The lowest BCUT2D eigenvalue weighted by molar-refractivity contribution is -0.153. The van der Waals surface area contributed by atoms with E-state index in [1.807, 2.05) is 0 Å². The quantitative estimate of drug-likeness (QED) is 0.590. The lowest BCUT2D eigenvalue weighted by Gasteiger charge is -2.23. The maximum atomic E-state index is 11.4. The van der Waals surface area contributed by atoms with E-state index < -0.39 is 29.4 Å². The van der Waals surface area contributed by atoms with E-state index in [0.717, 1.165) is 12.8 Å². The molecule has 0 amide bonds. The Kier molecular flexibility index (Phi) is 1.34. The van der Waals surface area contributed by atoms with Gasteiger partial charge in [0.1, 0.15) is 18.1 Å². The van der Waals surface area contributed by atoms with Gasteiger partial charge in [0.05, 0.1) is 12.0 Å². The fraction of sp³-hybridized carbons (Fsp3) is 0.778. The fourth-order valence-electron chi connectivity index (χ4n) is 2.97. The van der Waals surface area contributed by atoms with Crippen LogP contribution in [-0.2, 0) is 19.1 Å². The number of hydrogen-bond acceptors (Lipinski definition) is 4. The number of carboxylic acid groups (broad SMARTS) is 1. The van der Waals surface area contributed by atoms with E-state index in [1.165, 1.54) is 0 Å². The molecule has 4 atom stereocenters. The molecule has 14 heavy (non-hydrogen) atoms. The lowest BCUT2D eigenvalue weighted by atomic mass is 9.73. The number of carbonyl (C=O) groups is 2. The molecule has 0 aromatic carbocycles. The van der Waals surface area contributed by atoms with Gasteiger partial charge in [0.15, 0.2) is 0 Å². The zero-order valence-corrected chi connectivity index (χ0v) is 7.43. The summed E-state index contributed by atoms with van der Waals surface area (Å²) in [5.41, 5.74) is -0.606. The second kappa shape index (κ2) is 2.28. The van der Waals surface area contributed by atoms with E-state index in [9.17, 15) is 9.59 Å². The van der Waals surface area contributed by atoms with E-state index in [-0.39, 0.29) is 12.7 Å². The number of esters is 1. The summed E-state index contributed by atoms with van der Waals surface area (Å²) in [7, 11) is 0. The van der Waals surface area contributed by atoms with Crippen molar-refractivity contribution in [3.8, 4) is 0 Å². The number of carbonyl (C=O) groups excluding carboxylic acids is 1. The van der Waals surface area contributed by atoms with Crippen LogP contribution in [0.3, 0.4) is 0 Å². The van der Waals surface area contributed by atoms with Crippen LogP contribution >= 0.6 is 0 Å². The fourth-order valence-corrected chi connectivity index (χ4v) is 2.97. The van der Waals surface area contributed by atoms with Crippen molar-refractivity contribution in [1.82, 2.24) is 0 Å². The van der Waals surface area contributed by atoms with E-state index in [2.05, 4.69) is 0 Å². The Bertz CT molecular complexity index is 325. The molecule has 1 spiro atoms. The molecule has 5 heteroatoms. The summed E-state index contributed by atoms with van der Waals surface area (Å²) in [6.45, 7) is 0.233. The highest BCUT2D eigenvalue weighted by Gasteiger charge is 2.68. The molecule has 5 nitrogen and oxygen atoms in total. The number of ether oxygens (including phenoxy) is 2. The highest BCUT2D eigenvalue weighted by Crippen LogP contribution is 2.54. The molecule has 0 saturated carbocycles. The molecular weight excluding hydrogens is 188 g/mol. The van der Waals surface area contributed by atoms with Crippen molar-refractivity contribution >= 4 is 11.9 Å². The molecular formula is C9H10O5. The summed E-state index contributed by atoms with van der Waals surface area (Å²) >= 11 is 0. The molecule has 3 heterocycles. The third-order valence-corrected chi connectivity index (χ3v) is 3.56. The molecule has 3 rings (SSSR count). The van der Waals surface area contributed by atoms with Crippen molar-refractivity contribution in [2.75, 3.05) is 6.61 Å². The zero-order valence-electron chi connectivity index (χ0n) is 7.43. The number of cyclic esters (lactones) is 1. The molecule has 0 aromatic heterocycles. The third kappa shape index (κ3) is 0.744. The molecule has 0 unspecified atom stereocenters. The van der Waals surface area contributed by atoms with Crippen molar-refractivity contribution in [1.29, 1.82) is 0 Å². The second-order valence-electron chi connectivity index (χ2n) is 4.21. The first kappa shape index (κ1) is 8.23. The first-order chi connectivity index (χ1) is 6.64. The van der Waals surface area contributed by atoms with Crippen LogP contribution in [0.4, 0.5) is 0 Å². The average Bonchev–Trinajstić information content (AvgIpc) is 2.75. The van der Waals surface area contributed by atoms with Crippen LogP contribution in [0.2, 0.25) is 0 Å². The van der Waals surface area contributed by atoms with Crippen molar-refractivity contribution < 1.29 is 24.2 Å². The Morgan fingerprint density at radius 2 is 2.36 bits per heavy atom. The minimum Gasteiger partial charge on any atom is -0.481 e. The average molecular weight is 198 g/mol. The minimum atomic E-state index is -0.944. The zero-order chi connectivity index (χ0) is 9.92. The van der Waals surface area contributed by atoms with Gasteiger partial charge < -0.3 is 14.6 Å². The van der Waals surface area contributed by atoms with Crippen molar-refractivity contribution in [3.63, 3.8) is 0 Å². The van der Waals surface area contributed by atoms with Crippen LogP contribution < -0.4 is 0 Å². The second-order valence-corrected chi connectivity index (χ2v) is 4.21. The largest absolute Gasteiger partial charge is 0.481 e. The Morgan fingerprint density at radius 3 is 3.07 bits per heavy atom. The Labute approximate surface area is 80.0 Å². The van der Waals surface area contributed by atoms with Crippen LogP contribution in [-0.4, -0.2) is 35.4 Å². The van der Waals surface area contributed by atoms with Crippen molar-refractivity contribution in [2.24, 2.45) is 11.8 Å². The van der Waals surface area contributed by atoms with Crippen LogP contribution in [0.1, 0.15) is 12.8 Å². The van der Waals surface area contributed by atoms with E-state index >= 15 is 0 Å². The first-order valence-corrected chi connectivity index (χ1v) is 4.71. The van der Waals surface area contributed by atoms with E-state index in [0.29, 0.717) is 0 Å². The molecule has 76 valence electrons. The SMILES string of the molecule is O=C(O)[C@H]1[C@@H]2CC[C@@]3(COC(=O)[C@@H]13)O2. The van der Waals surface area contributed by atoms with Gasteiger partial charge in [-0.25, -0.2) is 0 Å². The number of carboxylic acids is 1. The molecule has 3 saturated heterocycles. The summed E-state index contributed by atoms with van der Waals surface area (Å²) in [6.07, 6.45) is 1.19. The summed E-state index contributed by atoms with van der Waals surface area (Å²) in [5, 5.41) is 9.01. The first-order valence-electron chi connectivity index (χ1n) is 4.71. The van der Waals surface area contributed by atoms with Crippen LogP contribution in [0, 0.1) is 11.8 Å². The summed E-state index contributed by atoms with van der Waals surface area (Å²) in [4.78, 5) is 22.4. The predicted octanol–water partition coefficient (Wildman–Crippen LogP) is -0.208. The molecule has 1 N–H and O–H groups in total. The maximum Gasteiger partial charge on any atom is 0.313 e. The summed E-state index contributed by atoms with van der Waals surface area (Å²) in [5.74, 6) is -2.61. The number of rotatable bonds is 1. The van der Waals surface area contributed by atoms with Crippen molar-refractivity contribution in [3.05, 3.63) is 0 Å². The number of hydrogen-bond donors (Lipinski definition) is 1. The molecule has 0 aromatic rings.